The van der Waals surface area contributed by atoms with E-state index in [-0.39, 0.29) is 52.1 Å². The van der Waals surface area contributed by atoms with Gasteiger partial charge in [0.2, 0.25) is 0 Å². The van der Waals surface area contributed by atoms with E-state index >= 15 is 0 Å². The zero-order valence-electron chi connectivity index (χ0n) is 67.9. The van der Waals surface area contributed by atoms with Crippen molar-refractivity contribution in [1.82, 2.24) is 97.9 Å². The predicted octanol–water partition coefficient (Wildman–Crippen LogP) is 6.60. The largest absolute Gasteiger partial charge is 0.494 e. The number of aromatic nitrogens is 16. The molecule has 4 amide bonds. The van der Waals surface area contributed by atoms with Gasteiger partial charge in [-0.15, -0.1) is 20.4 Å². The number of carbonyl (C=O) groups is 4. The van der Waals surface area contributed by atoms with Gasteiger partial charge in [0.15, 0.2) is 45.9 Å². The molecule has 2 aliphatic carbocycles. The van der Waals surface area contributed by atoms with Crippen LogP contribution in [-0.4, -0.2) is 232 Å². The highest BCUT2D eigenvalue weighted by Crippen LogP contribution is 2.46. The number of fused-ring (bicyclic) bond motifs is 8. The smallest absolute Gasteiger partial charge is 0.263 e. The number of benzene rings is 1. The molecule has 12 N–H and O–H groups in total. The summed E-state index contributed by atoms with van der Waals surface area (Å²) >= 11 is 0. The van der Waals surface area contributed by atoms with Gasteiger partial charge in [-0.2, -0.15) is 0 Å². The first-order valence-electron chi connectivity index (χ1n) is 41.6. The summed E-state index contributed by atoms with van der Waals surface area (Å²) in [5.74, 6) is 0.799. The fourth-order valence-electron chi connectivity index (χ4n) is 17.3. The Kier molecular flexibility index (Phi) is 21.0. The lowest BCUT2D eigenvalue weighted by Crippen LogP contribution is -2.50. The van der Waals surface area contributed by atoms with Crippen LogP contribution in [0.1, 0.15) is 141 Å². The van der Waals surface area contributed by atoms with Gasteiger partial charge in [0.25, 0.3) is 23.6 Å². The molecule has 0 unspecified atom stereocenters. The number of hydrogen-bond acceptors (Lipinski definition) is 29. The van der Waals surface area contributed by atoms with E-state index in [1.807, 2.05) is 80.4 Å². The maximum Gasteiger partial charge on any atom is 0.263 e. The average molecular weight is 1660 g/mol. The van der Waals surface area contributed by atoms with Crippen LogP contribution >= 0.6 is 0 Å². The molecule has 630 valence electrons. The Morgan fingerprint density at radius 2 is 0.756 bits per heavy atom. The molecular formula is C86H92N28O9. The number of pyridine rings is 4. The summed E-state index contributed by atoms with van der Waals surface area (Å²) in [6, 6.07) is 17.3. The molecule has 20 heterocycles. The van der Waals surface area contributed by atoms with Gasteiger partial charge in [-0.1, -0.05) is 30.3 Å². The second-order valence-electron chi connectivity index (χ2n) is 32.7. The van der Waals surface area contributed by atoms with Gasteiger partial charge in [0.05, 0.1) is 149 Å². The van der Waals surface area contributed by atoms with Crippen LogP contribution in [0.4, 0.5) is 46.0 Å². The number of ether oxygens (including phenoxy) is 5. The zero-order chi connectivity index (χ0) is 83.7. The molecule has 0 radical (unpaired) electrons. The van der Waals surface area contributed by atoms with Crippen molar-refractivity contribution in [3.05, 3.63) is 207 Å². The summed E-state index contributed by atoms with van der Waals surface area (Å²) in [6.45, 7) is 15.3. The van der Waals surface area contributed by atoms with Gasteiger partial charge in [0, 0.05) is 161 Å². The summed E-state index contributed by atoms with van der Waals surface area (Å²) in [6.07, 6.45) is 29.1. The highest BCUT2D eigenvalue weighted by molar-refractivity contribution is 6.15. The number of carbonyl (C=O) groups excluding carboxylic acids is 4. The van der Waals surface area contributed by atoms with E-state index in [4.69, 9.17) is 66.6 Å². The molecule has 0 spiro atoms. The standard InChI is InChI=1S/C24H23N7O2.C22H25N7O2.C21H23N7O2.C19H21N7O3/c25-22-21(24(32)28-20-10-26-8-6-18(20)15-4-2-1-3-5-15)23-27-19-7-9-30(17-13-33-14-17)11-16(19)12-31(23)29-22;1-12-6-24-7-17(18(12)13-2-3-13)26-22(30)19-20(23)27-29-9-14-8-28(15-10-31-11-15)5-4-16(14)25-21(19)29;22-19-18(21(29)25-17-7-23-5-3-15(17)12-1-2-12)20-24-16-4-6-27(14-10-30-11-14)8-13(16)9-28(20)26-19;1-28-15-2-4-21-6-14(15)23-19(27)16-17(20)24-26-8-11-7-25(12-9-29-10-12)5-3-13(11)22-18(16)26/h1-6,8,10,12,17H,7,9,11,13-14H2,(H2,25,29)(H,28,32);6-7,9,13,15H,2-5,8,10-11H2,1H3,(H2,23,27)(H,26,30);3,5,7,9,12,14H,1-2,4,6,8,10-11H2,(H2,22,26)(H,25,29);2,4,6,8,12H,3,5,7,9-10H2,1H3,(H2,20,24)(H,23,27). The van der Waals surface area contributed by atoms with E-state index in [2.05, 4.69) is 81.2 Å². The van der Waals surface area contributed by atoms with Crippen LogP contribution < -0.4 is 48.9 Å². The van der Waals surface area contributed by atoms with Crippen molar-refractivity contribution in [2.75, 3.05) is 130 Å². The van der Waals surface area contributed by atoms with Crippen LogP contribution in [0, 0.1) is 6.92 Å². The van der Waals surface area contributed by atoms with Crippen LogP contribution in [0.15, 0.2) is 123 Å². The molecule has 37 nitrogen and oxygen atoms in total. The third kappa shape index (κ3) is 15.6. The second kappa shape index (κ2) is 33.0. The molecular weight excluding hydrogens is 1570 g/mol. The minimum absolute atomic E-state index is 0.129. The Bertz CT molecular complexity index is 6290. The van der Waals surface area contributed by atoms with Crippen LogP contribution in [0.25, 0.3) is 33.7 Å². The van der Waals surface area contributed by atoms with Gasteiger partial charge in [-0.25, -0.2) is 38.0 Å². The Labute approximate surface area is 704 Å². The normalized spacial score (nSPS) is 18.0. The molecule has 10 aliphatic rings. The first-order chi connectivity index (χ1) is 60.1. The third-order valence-electron chi connectivity index (χ3n) is 24.6. The van der Waals surface area contributed by atoms with E-state index in [0.717, 1.165) is 235 Å². The fourth-order valence-corrected chi connectivity index (χ4v) is 17.3. The Morgan fingerprint density at radius 3 is 1.14 bits per heavy atom. The lowest BCUT2D eigenvalue weighted by Gasteiger charge is -2.39. The molecule has 0 bridgehead atoms. The highest BCUT2D eigenvalue weighted by Gasteiger charge is 2.38. The molecule has 8 aliphatic heterocycles. The number of nitrogens with two attached hydrogens (primary N) is 4. The first-order valence-corrected chi connectivity index (χ1v) is 41.6. The van der Waals surface area contributed by atoms with Crippen molar-refractivity contribution < 1.29 is 42.9 Å². The average Bonchev–Trinajstić information content (AvgIpc) is 1.65. The summed E-state index contributed by atoms with van der Waals surface area (Å²) in [7, 11) is 1.53. The number of nitrogen functional groups attached to an aromatic ring is 4. The number of hydrogen-bond donors (Lipinski definition) is 8. The van der Waals surface area contributed by atoms with Crippen molar-refractivity contribution in [2.45, 2.75) is 120 Å². The van der Waals surface area contributed by atoms with Crippen LogP contribution in [0.5, 0.6) is 5.75 Å². The van der Waals surface area contributed by atoms with E-state index in [9.17, 15) is 19.2 Å². The molecule has 0 atom stereocenters. The fraction of sp³-hybridized carbons (Fsp3) is 0.372. The predicted molar refractivity (Wildman–Crippen MR) is 454 cm³/mol. The molecule has 123 heavy (non-hydrogen) atoms. The molecule has 6 fully saturated rings. The van der Waals surface area contributed by atoms with Gasteiger partial charge in [0.1, 0.15) is 33.7 Å². The van der Waals surface area contributed by atoms with E-state index in [1.54, 1.807) is 61.3 Å². The lowest BCUT2D eigenvalue weighted by atomic mass is 10.0. The van der Waals surface area contributed by atoms with Crippen molar-refractivity contribution in [2.24, 2.45) is 0 Å². The first kappa shape index (κ1) is 78.4. The molecule has 4 saturated heterocycles. The minimum Gasteiger partial charge on any atom is -0.494 e. The lowest BCUT2D eigenvalue weighted by molar-refractivity contribution is -0.0697. The molecule has 1 aromatic carbocycles. The van der Waals surface area contributed by atoms with Crippen LogP contribution in [0.2, 0.25) is 0 Å². The van der Waals surface area contributed by atoms with Gasteiger partial charge in [-0.05, 0) is 78.8 Å². The van der Waals surface area contributed by atoms with Crippen molar-refractivity contribution in [3.63, 3.8) is 0 Å². The number of methoxy groups -OCH3 is 1. The van der Waals surface area contributed by atoms with Gasteiger partial charge < -0.3 is 67.9 Å². The maximum absolute atomic E-state index is 13.3. The Morgan fingerprint density at radius 1 is 0.407 bits per heavy atom. The molecule has 12 aromatic heterocycles. The topological polar surface area (TPSA) is 452 Å². The summed E-state index contributed by atoms with van der Waals surface area (Å²) in [4.78, 5) is 98.1. The monoisotopic (exact) mass is 1660 g/mol. The summed E-state index contributed by atoms with van der Waals surface area (Å²) < 4.78 is 33.0. The van der Waals surface area contributed by atoms with Gasteiger partial charge >= 0.3 is 0 Å². The van der Waals surface area contributed by atoms with Crippen LogP contribution in [0.3, 0.4) is 0 Å². The molecule has 2 saturated carbocycles. The van der Waals surface area contributed by atoms with Crippen molar-refractivity contribution in [3.8, 4) is 16.9 Å². The minimum atomic E-state index is -0.402. The van der Waals surface area contributed by atoms with Crippen molar-refractivity contribution >= 4 is 92.2 Å². The molecule has 37 heteroatoms. The zero-order valence-corrected chi connectivity index (χ0v) is 67.9. The third-order valence-corrected chi connectivity index (χ3v) is 24.6. The van der Waals surface area contributed by atoms with E-state index in [1.165, 1.54) is 18.9 Å². The molecule has 13 aromatic rings. The maximum atomic E-state index is 13.3. The van der Waals surface area contributed by atoms with Crippen LogP contribution in [-0.2, 0) is 70.8 Å². The number of nitrogens with zero attached hydrogens (tertiary/aromatic N) is 20. The number of aryl methyl sites for hydroxylation is 1. The van der Waals surface area contributed by atoms with E-state index in [0.29, 0.717) is 86.8 Å². The second-order valence-corrected chi connectivity index (χ2v) is 32.7. The number of rotatable bonds is 16. The number of anilines is 8. The quantitative estimate of drug-likeness (QED) is 0.0505. The number of nitrogens with one attached hydrogen (secondary N) is 4. The van der Waals surface area contributed by atoms with E-state index < -0.39 is 5.91 Å². The van der Waals surface area contributed by atoms with Gasteiger partial charge in [-0.3, -0.25) is 58.7 Å². The summed E-state index contributed by atoms with van der Waals surface area (Å²) in [5, 5.41) is 29.2. The van der Waals surface area contributed by atoms with Crippen molar-refractivity contribution in [1.29, 1.82) is 0 Å². The number of amides is 4. The SMILES string of the molecule is COc1ccncc1NC(=O)c1c(N)nn2cc3c(nc12)CCN(C1COC1)C3.Cc1cncc(NC(=O)c2c(N)nn3cc4c(nc23)CCN(C2COC2)C4)c1C1CC1.Nc1nn2cc3c(nc2c1C(=O)Nc1cnccc1-c1ccccc1)CCN(C1COC1)C3.Nc1nn2cc3c(nc2c1C(=O)Nc1cnccc1C1CC1)CCN(C1COC1)C3. The Balaban J connectivity index is 0.000000104. The molecule has 23 rings (SSSR count). The summed E-state index contributed by atoms with van der Waals surface area (Å²) in [5.41, 5.74) is 43.9. The Hall–Kier alpha value is -13.1. The highest BCUT2D eigenvalue weighted by atomic mass is 16.5.